The van der Waals surface area contributed by atoms with E-state index < -0.39 is 10.2 Å². The van der Waals surface area contributed by atoms with Crippen LogP contribution in [0.4, 0.5) is 0 Å². The van der Waals surface area contributed by atoms with Crippen molar-refractivity contribution in [1.29, 1.82) is 0 Å². The van der Waals surface area contributed by atoms with Crippen LogP contribution in [0, 0.1) is 5.92 Å². The molecule has 0 radical (unpaired) electrons. The van der Waals surface area contributed by atoms with Crippen molar-refractivity contribution >= 4 is 16.1 Å². The summed E-state index contributed by atoms with van der Waals surface area (Å²) in [6.45, 7) is 6.73. The van der Waals surface area contributed by atoms with Crippen molar-refractivity contribution in [1.82, 2.24) is 24.0 Å². The Bertz CT molecular complexity index is 1010. The van der Waals surface area contributed by atoms with Gasteiger partial charge in [0, 0.05) is 61.8 Å². The highest BCUT2D eigenvalue weighted by atomic mass is 32.2. The molecular formula is C24H37N5O4S. The van der Waals surface area contributed by atoms with Gasteiger partial charge in [0.2, 0.25) is 0 Å². The molecule has 10 heteroatoms. The summed E-state index contributed by atoms with van der Waals surface area (Å²) in [5.41, 5.74) is 0.332. The number of piperazine rings is 1. The number of amides is 1. The quantitative estimate of drug-likeness (QED) is 0.629. The Kier molecular flexibility index (Phi) is 5.78. The van der Waals surface area contributed by atoms with E-state index in [0.717, 1.165) is 50.8 Å². The lowest BCUT2D eigenvalue weighted by Crippen LogP contribution is -2.61. The molecule has 9 nitrogen and oxygen atoms in total. The second kappa shape index (κ2) is 8.57. The first-order chi connectivity index (χ1) is 16.3. The summed E-state index contributed by atoms with van der Waals surface area (Å²) in [5.74, 6) is 1.59. The smallest absolute Gasteiger partial charge is 0.282 e. The molecule has 34 heavy (non-hydrogen) atoms. The Balaban J connectivity index is 1.10. The molecule has 4 aliphatic heterocycles. The molecule has 5 atom stereocenters. The van der Waals surface area contributed by atoms with Crippen molar-refractivity contribution in [3.63, 3.8) is 0 Å². The largest absolute Gasteiger partial charge is 0.360 e. The van der Waals surface area contributed by atoms with Gasteiger partial charge in [0.05, 0.1) is 0 Å². The molecule has 1 aromatic heterocycles. The van der Waals surface area contributed by atoms with Crippen LogP contribution < -0.4 is 5.32 Å². The molecule has 1 aliphatic carbocycles. The molecule has 6 rings (SSSR count). The summed E-state index contributed by atoms with van der Waals surface area (Å²) in [4.78, 5) is 15.3. The number of carbonyl (C=O) groups is 1. The van der Waals surface area contributed by atoms with E-state index in [2.05, 4.69) is 29.2 Å². The van der Waals surface area contributed by atoms with E-state index in [1.54, 1.807) is 14.7 Å². The van der Waals surface area contributed by atoms with Crippen LogP contribution in [0.5, 0.6) is 0 Å². The van der Waals surface area contributed by atoms with Gasteiger partial charge in [0.1, 0.15) is 5.76 Å². The van der Waals surface area contributed by atoms with Gasteiger partial charge in [-0.15, -0.1) is 0 Å². The SMILES string of the molecule is CC(C)CN1C2CCC1CN(S(=O)(=O)N1[C@@H]3CC[C@H]1CC(NC(=O)c1cc(C4CC4)on1)C3)C2. The fourth-order valence-electron chi connectivity index (χ4n) is 6.84. The third kappa shape index (κ3) is 4.10. The van der Waals surface area contributed by atoms with Crippen LogP contribution in [0.25, 0.3) is 0 Å². The summed E-state index contributed by atoms with van der Waals surface area (Å²) in [6.07, 6.45) is 7.44. The standard InChI is InChI=1S/C24H37N5O4S/c1-15(2)12-28-20-7-8-21(28)14-27(13-20)34(31,32)29-18-5-6-19(29)10-17(9-18)25-24(30)22-11-23(33-26-22)16-3-4-16/h11,15-21H,3-10,12-14H2,1-2H3,(H,25,30)/t17?,18-,19+,20?,21?. The van der Waals surface area contributed by atoms with Gasteiger partial charge in [-0.3, -0.25) is 9.69 Å². The number of hydrogen-bond acceptors (Lipinski definition) is 6. The summed E-state index contributed by atoms with van der Waals surface area (Å²) >= 11 is 0. The average Bonchev–Trinajstić information content (AvgIpc) is 3.38. The molecule has 5 aliphatic rings. The number of carbonyl (C=O) groups excluding carboxylic acids is 1. The minimum absolute atomic E-state index is 0.0309. The maximum absolute atomic E-state index is 13.8. The Labute approximate surface area is 202 Å². The molecule has 1 saturated carbocycles. The summed E-state index contributed by atoms with van der Waals surface area (Å²) in [6, 6.07) is 2.33. The van der Waals surface area contributed by atoms with Crippen LogP contribution in [0.3, 0.4) is 0 Å². The number of nitrogens with one attached hydrogen (secondary N) is 1. The lowest BCUT2D eigenvalue weighted by molar-refractivity contribution is 0.0856. The van der Waals surface area contributed by atoms with Crippen molar-refractivity contribution in [3.8, 4) is 0 Å². The van der Waals surface area contributed by atoms with Gasteiger partial charge in [-0.1, -0.05) is 19.0 Å². The van der Waals surface area contributed by atoms with Crippen molar-refractivity contribution in [2.24, 2.45) is 5.92 Å². The zero-order valence-electron chi connectivity index (χ0n) is 20.2. The van der Waals surface area contributed by atoms with Crippen LogP contribution in [0.2, 0.25) is 0 Å². The number of rotatable bonds is 7. The second-order valence-electron chi connectivity index (χ2n) is 11.5. The maximum atomic E-state index is 13.8. The van der Waals surface area contributed by atoms with Gasteiger partial charge < -0.3 is 9.84 Å². The van der Waals surface area contributed by atoms with E-state index in [9.17, 15) is 13.2 Å². The number of aromatic nitrogens is 1. The van der Waals surface area contributed by atoms with Crippen LogP contribution in [0.1, 0.15) is 87.4 Å². The number of hydrogen-bond donors (Lipinski definition) is 1. The van der Waals surface area contributed by atoms with Gasteiger partial charge in [-0.05, 0) is 57.3 Å². The summed E-state index contributed by atoms with van der Waals surface area (Å²) in [7, 11) is -3.50. The van der Waals surface area contributed by atoms with Crippen molar-refractivity contribution in [3.05, 3.63) is 17.5 Å². The minimum atomic E-state index is -3.50. The predicted molar refractivity (Wildman–Crippen MR) is 126 cm³/mol. The van der Waals surface area contributed by atoms with Gasteiger partial charge in [0.15, 0.2) is 5.69 Å². The maximum Gasteiger partial charge on any atom is 0.282 e. The highest BCUT2D eigenvalue weighted by molar-refractivity contribution is 7.86. The van der Waals surface area contributed by atoms with E-state index in [1.165, 1.54) is 0 Å². The van der Waals surface area contributed by atoms with Crippen LogP contribution >= 0.6 is 0 Å². The van der Waals surface area contributed by atoms with E-state index in [1.807, 2.05) is 0 Å². The lowest BCUT2D eigenvalue weighted by atomic mass is 9.99. The second-order valence-corrected chi connectivity index (χ2v) is 13.4. The molecular weight excluding hydrogens is 454 g/mol. The molecule has 4 saturated heterocycles. The average molecular weight is 492 g/mol. The van der Waals surface area contributed by atoms with E-state index >= 15 is 0 Å². The van der Waals surface area contributed by atoms with Gasteiger partial charge >= 0.3 is 0 Å². The van der Waals surface area contributed by atoms with E-state index in [4.69, 9.17) is 4.52 Å². The van der Waals surface area contributed by atoms with Crippen LogP contribution in [-0.2, 0) is 10.2 Å². The van der Waals surface area contributed by atoms with Crippen molar-refractivity contribution in [2.75, 3.05) is 19.6 Å². The van der Waals surface area contributed by atoms with Crippen LogP contribution in [-0.4, -0.2) is 82.8 Å². The molecule has 4 bridgehead atoms. The van der Waals surface area contributed by atoms with E-state index in [-0.39, 0.29) is 24.0 Å². The van der Waals surface area contributed by atoms with Crippen molar-refractivity contribution in [2.45, 2.75) is 101 Å². The molecule has 188 valence electrons. The topological polar surface area (TPSA) is 99.0 Å². The molecule has 5 fully saturated rings. The molecule has 1 N–H and O–H groups in total. The van der Waals surface area contributed by atoms with Crippen LogP contribution in [0.15, 0.2) is 10.6 Å². The van der Waals surface area contributed by atoms with Crippen molar-refractivity contribution < 1.29 is 17.7 Å². The third-order valence-corrected chi connectivity index (χ3v) is 10.6. The van der Waals surface area contributed by atoms with Gasteiger partial charge in [-0.2, -0.15) is 17.0 Å². The molecule has 0 aromatic carbocycles. The zero-order valence-corrected chi connectivity index (χ0v) is 21.0. The zero-order chi connectivity index (χ0) is 23.6. The molecule has 5 heterocycles. The highest BCUT2D eigenvalue weighted by Crippen LogP contribution is 2.42. The number of piperidine rings is 1. The normalized spacial score (nSPS) is 34.7. The molecule has 0 spiro atoms. The summed E-state index contributed by atoms with van der Waals surface area (Å²) in [5, 5.41) is 7.06. The lowest BCUT2D eigenvalue weighted by Gasteiger charge is -2.45. The monoisotopic (exact) mass is 491 g/mol. The predicted octanol–water partition coefficient (Wildman–Crippen LogP) is 2.33. The Morgan fingerprint density at radius 1 is 1.06 bits per heavy atom. The summed E-state index contributed by atoms with van der Waals surface area (Å²) < 4.78 is 36.5. The first-order valence-corrected chi connectivity index (χ1v) is 14.5. The molecule has 1 amide bonds. The first kappa shape index (κ1) is 22.9. The highest BCUT2D eigenvalue weighted by Gasteiger charge is 2.52. The Morgan fingerprint density at radius 3 is 2.26 bits per heavy atom. The minimum Gasteiger partial charge on any atom is -0.360 e. The Hall–Kier alpha value is -1.49. The first-order valence-electron chi connectivity index (χ1n) is 13.1. The number of nitrogens with zero attached hydrogens (tertiary/aromatic N) is 4. The Morgan fingerprint density at radius 2 is 1.68 bits per heavy atom. The number of fused-ring (bicyclic) bond motifs is 4. The van der Waals surface area contributed by atoms with Gasteiger partial charge in [-0.25, -0.2) is 0 Å². The third-order valence-electron chi connectivity index (χ3n) is 8.51. The molecule has 1 aromatic rings. The van der Waals surface area contributed by atoms with E-state index in [0.29, 0.717) is 55.5 Å². The fourth-order valence-corrected chi connectivity index (χ4v) is 8.96. The molecule has 3 unspecified atom stereocenters. The fraction of sp³-hybridized carbons (Fsp3) is 0.833. The van der Waals surface area contributed by atoms with Gasteiger partial charge in [0.25, 0.3) is 16.1 Å².